The van der Waals surface area contributed by atoms with Gasteiger partial charge in [0.15, 0.2) is 0 Å². The molecule has 0 unspecified atom stereocenters. The lowest BCUT2D eigenvalue weighted by molar-refractivity contribution is 0.0696. The predicted octanol–water partition coefficient (Wildman–Crippen LogP) is 1.78. The summed E-state index contributed by atoms with van der Waals surface area (Å²) in [6.45, 7) is 0.0934. The maximum atomic E-state index is 12.3. The Labute approximate surface area is 120 Å². The van der Waals surface area contributed by atoms with Crippen molar-refractivity contribution < 1.29 is 28.6 Å². The van der Waals surface area contributed by atoms with Gasteiger partial charge in [-0.2, -0.15) is 0 Å². The van der Waals surface area contributed by atoms with Crippen molar-refractivity contribution in [2.75, 3.05) is 25.0 Å². The molecule has 0 aliphatic carbocycles. The zero-order chi connectivity index (χ0) is 16.0. The predicted molar refractivity (Wildman–Crippen MR) is 71.8 cm³/mol. The lowest BCUT2D eigenvalue weighted by Crippen LogP contribution is -2.40. The Hall–Kier alpha value is -2.22. The Morgan fingerprint density at radius 1 is 1.38 bits per heavy atom. The average molecular weight is 302 g/mol. The van der Waals surface area contributed by atoms with Crippen LogP contribution in [0.5, 0.6) is 0 Å². The van der Waals surface area contributed by atoms with Crippen molar-refractivity contribution in [3.8, 4) is 0 Å². The second-order valence-corrected chi connectivity index (χ2v) is 4.33. The number of urea groups is 1. The molecule has 3 N–H and O–H groups in total. The summed E-state index contributed by atoms with van der Waals surface area (Å²) in [7, 11) is 0. The van der Waals surface area contributed by atoms with Gasteiger partial charge in [-0.25, -0.2) is 18.4 Å². The van der Waals surface area contributed by atoms with E-state index in [2.05, 4.69) is 5.32 Å². The number of alkyl halides is 2. The number of amides is 2. The van der Waals surface area contributed by atoms with Crippen molar-refractivity contribution in [2.24, 2.45) is 0 Å². The quantitative estimate of drug-likeness (QED) is 0.747. The summed E-state index contributed by atoms with van der Waals surface area (Å²) >= 11 is 0. The van der Waals surface area contributed by atoms with E-state index < -0.39 is 31.6 Å². The lowest BCUT2D eigenvalue weighted by atomic mass is 10.1. The normalized spacial score (nSPS) is 10.5. The summed E-state index contributed by atoms with van der Waals surface area (Å²) in [4.78, 5) is 23.6. The average Bonchev–Trinajstić information content (AvgIpc) is 2.39. The van der Waals surface area contributed by atoms with Crippen LogP contribution in [0.2, 0.25) is 0 Å². The third kappa shape index (κ3) is 4.99. The van der Waals surface area contributed by atoms with Crippen LogP contribution >= 0.6 is 0 Å². The summed E-state index contributed by atoms with van der Waals surface area (Å²) in [6.07, 6.45) is -2.73. The molecule has 0 aromatic heterocycles. The molecule has 0 saturated carbocycles. The molecule has 0 atom stereocenters. The van der Waals surface area contributed by atoms with Crippen molar-refractivity contribution in [2.45, 2.75) is 13.3 Å². The number of anilines is 1. The molecule has 0 aliphatic heterocycles. The minimum atomic E-state index is -2.73. The van der Waals surface area contributed by atoms with E-state index in [0.717, 1.165) is 4.90 Å². The summed E-state index contributed by atoms with van der Waals surface area (Å²) < 4.78 is 24.7. The third-order valence-electron chi connectivity index (χ3n) is 2.73. The second kappa shape index (κ2) is 7.53. The molecule has 0 aliphatic rings. The van der Waals surface area contributed by atoms with E-state index in [1.807, 2.05) is 0 Å². The Kier molecular flexibility index (Phi) is 6.04. The Morgan fingerprint density at radius 2 is 2.05 bits per heavy atom. The van der Waals surface area contributed by atoms with Gasteiger partial charge in [-0.05, 0) is 24.6 Å². The van der Waals surface area contributed by atoms with E-state index in [1.165, 1.54) is 18.2 Å². The number of carbonyl (C=O) groups excluding carboxylic acids is 1. The van der Waals surface area contributed by atoms with E-state index in [0.29, 0.717) is 5.56 Å². The number of rotatable bonds is 6. The first-order chi connectivity index (χ1) is 9.85. The summed E-state index contributed by atoms with van der Waals surface area (Å²) in [5.41, 5.74) is 0.705. The van der Waals surface area contributed by atoms with Gasteiger partial charge in [0, 0.05) is 12.2 Å². The monoisotopic (exact) mass is 302 g/mol. The molecule has 0 radical (unpaired) electrons. The van der Waals surface area contributed by atoms with Crippen LogP contribution in [-0.2, 0) is 0 Å². The number of nitrogens with one attached hydrogen (secondary N) is 1. The van der Waals surface area contributed by atoms with Gasteiger partial charge >= 0.3 is 12.0 Å². The summed E-state index contributed by atoms with van der Waals surface area (Å²) in [5.74, 6) is -1.15. The largest absolute Gasteiger partial charge is 0.478 e. The molecular weight excluding hydrogens is 286 g/mol. The Balaban J connectivity index is 2.85. The Morgan fingerprint density at radius 3 is 2.57 bits per heavy atom. The molecular formula is C13H16F2N2O4. The highest BCUT2D eigenvalue weighted by Gasteiger charge is 2.18. The fourth-order valence-electron chi connectivity index (χ4n) is 1.70. The van der Waals surface area contributed by atoms with Gasteiger partial charge in [-0.15, -0.1) is 0 Å². The molecule has 1 aromatic rings. The van der Waals surface area contributed by atoms with E-state index in [-0.39, 0.29) is 17.8 Å². The minimum Gasteiger partial charge on any atom is -0.478 e. The van der Waals surface area contributed by atoms with Gasteiger partial charge < -0.3 is 20.4 Å². The standard InChI is InChI=1S/C13H16F2N2O4/c1-8-2-3-9(6-10(8)12(19)20)16-13(21)17(4-5-18)7-11(14)15/h2-3,6,11,18H,4-5,7H2,1H3,(H,16,21)(H,19,20). The van der Waals surface area contributed by atoms with Crippen LogP contribution in [0.3, 0.4) is 0 Å². The first kappa shape index (κ1) is 16.8. The van der Waals surface area contributed by atoms with Gasteiger partial charge in [0.1, 0.15) is 0 Å². The molecule has 0 bridgehead atoms. The van der Waals surface area contributed by atoms with E-state index in [9.17, 15) is 18.4 Å². The van der Waals surface area contributed by atoms with E-state index in [1.54, 1.807) is 6.92 Å². The first-order valence-corrected chi connectivity index (χ1v) is 6.14. The molecule has 116 valence electrons. The molecule has 0 heterocycles. The van der Waals surface area contributed by atoms with Crippen LogP contribution < -0.4 is 5.32 Å². The number of aliphatic hydroxyl groups excluding tert-OH is 1. The topological polar surface area (TPSA) is 89.9 Å². The lowest BCUT2D eigenvalue weighted by Gasteiger charge is -2.21. The number of aryl methyl sites for hydroxylation is 1. The number of carboxylic acids is 1. The molecule has 1 rings (SSSR count). The summed E-state index contributed by atoms with van der Waals surface area (Å²) in [5, 5.41) is 20.1. The van der Waals surface area contributed by atoms with Crippen molar-refractivity contribution in [3.05, 3.63) is 29.3 Å². The second-order valence-electron chi connectivity index (χ2n) is 4.33. The fraction of sp³-hybridized carbons (Fsp3) is 0.385. The van der Waals surface area contributed by atoms with Crippen molar-refractivity contribution in [3.63, 3.8) is 0 Å². The van der Waals surface area contributed by atoms with Crippen LogP contribution in [0, 0.1) is 6.92 Å². The summed E-state index contributed by atoms with van der Waals surface area (Å²) in [6, 6.07) is 3.39. The van der Waals surface area contributed by atoms with Crippen LogP contribution in [0.4, 0.5) is 19.3 Å². The highest BCUT2D eigenvalue weighted by atomic mass is 19.3. The SMILES string of the molecule is Cc1ccc(NC(=O)N(CCO)CC(F)F)cc1C(=O)O. The third-order valence-corrected chi connectivity index (χ3v) is 2.73. The van der Waals surface area contributed by atoms with Gasteiger partial charge in [0.25, 0.3) is 6.43 Å². The number of aliphatic hydroxyl groups is 1. The minimum absolute atomic E-state index is 0.00960. The fourth-order valence-corrected chi connectivity index (χ4v) is 1.70. The molecule has 8 heteroatoms. The van der Waals surface area contributed by atoms with E-state index >= 15 is 0 Å². The van der Waals surface area contributed by atoms with Crippen LogP contribution in [0.1, 0.15) is 15.9 Å². The van der Waals surface area contributed by atoms with Gasteiger partial charge in [0.05, 0.1) is 18.7 Å². The van der Waals surface area contributed by atoms with Crippen LogP contribution in [0.15, 0.2) is 18.2 Å². The van der Waals surface area contributed by atoms with Gasteiger partial charge in [0.2, 0.25) is 0 Å². The van der Waals surface area contributed by atoms with Crippen molar-refractivity contribution in [1.82, 2.24) is 4.90 Å². The van der Waals surface area contributed by atoms with Gasteiger partial charge in [-0.3, -0.25) is 0 Å². The highest BCUT2D eigenvalue weighted by Crippen LogP contribution is 2.16. The zero-order valence-electron chi connectivity index (χ0n) is 11.3. The number of carboxylic acid groups (broad SMARTS) is 1. The number of benzene rings is 1. The number of hydrogen-bond acceptors (Lipinski definition) is 3. The highest BCUT2D eigenvalue weighted by molar-refractivity contribution is 5.94. The van der Waals surface area contributed by atoms with Gasteiger partial charge in [-0.1, -0.05) is 6.07 Å². The number of hydrogen-bond donors (Lipinski definition) is 3. The van der Waals surface area contributed by atoms with Crippen LogP contribution in [0.25, 0.3) is 0 Å². The number of carbonyl (C=O) groups is 2. The molecule has 2 amide bonds. The molecule has 0 spiro atoms. The molecule has 0 fully saturated rings. The molecule has 1 aromatic carbocycles. The van der Waals surface area contributed by atoms with Crippen molar-refractivity contribution >= 4 is 17.7 Å². The number of aromatic carboxylic acids is 1. The zero-order valence-corrected chi connectivity index (χ0v) is 11.3. The van der Waals surface area contributed by atoms with E-state index in [4.69, 9.17) is 10.2 Å². The number of nitrogens with zero attached hydrogens (tertiary/aromatic N) is 1. The first-order valence-electron chi connectivity index (χ1n) is 6.14. The maximum Gasteiger partial charge on any atom is 0.336 e. The van der Waals surface area contributed by atoms with Crippen LogP contribution in [-0.4, -0.2) is 53.2 Å². The maximum absolute atomic E-state index is 12.3. The Bertz CT molecular complexity index is 523. The molecule has 6 nitrogen and oxygen atoms in total. The van der Waals surface area contributed by atoms with Crippen molar-refractivity contribution in [1.29, 1.82) is 0 Å². The number of halogens is 2. The molecule has 21 heavy (non-hydrogen) atoms. The molecule has 0 saturated heterocycles. The smallest absolute Gasteiger partial charge is 0.336 e.